The average Bonchev–Trinajstić information content (AvgIpc) is 3.16. The molecule has 3 rings (SSSR count). The van der Waals surface area contributed by atoms with E-state index >= 15 is 0 Å². The van der Waals surface area contributed by atoms with Crippen LogP contribution in [0.1, 0.15) is 16.8 Å². The number of pyridine rings is 1. The Morgan fingerprint density at radius 2 is 2.09 bits per heavy atom. The Morgan fingerprint density at radius 1 is 1.22 bits per heavy atom. The van der Waals surface area contributed by atoms with Gasteiger partial charge < -0.3 is 10.1 Å². The lowest BCUT2D eigenvalue weighted by atomic mass is 10.2. The second-order valence-electron chi connectivity index (χ2n) is 5.24. The summed E-state index contributed by atoms with van der Waals surface area (Å²) in [5, 5.41) is 12.1. The first kappa shape index (κ1) is 15.2. The Bertz CT molecular complexity index is 778. The molecule has 0 saturated heterocycles. The van der Waals surface area contributed by atoms with Crippen LogP contribution in [0.15, 0.2) is 36.8 Å². The van der Waals surface area contributed by atoms with Crippen LogP contribution in [0.4, 0.5) is 0 Å². The Balaban J connectivity index is 1.73. The summed E-state index contributed by atoms with van der Waals surface area (Å²) in [5.74, 6) is 1.62. The molecule has 0 bridgehead atoms. The van der Waals surface area contributed by atoms with Gasteiger partial charge in [0.25, 0.3) is 0 Å². The van der Waals surface area contributed by atoms with Gasteiger partial charge in [-0.05, 0) is 19.1 Å². The molecule has 3 aromatic heterocycles. The highest BCUT2D eigenvalue weighted by Crippen LogP contribution is 2.20. The minimum atomic E-state index is 0.677. The Labute approximate surface area is 134 Å². The van der Waals surface area contributed by atoms with E-state index in [0.29, 0.717) is 13.1 Å². The summed E-state index contributed by atoms with van der Waals surface area (Å²) < 4.78 is 8.94. The van der Waals surface area contributed by atoms with Gasteiger partial charge in [-0.15, -0.1) is 0 Å². The van der Waals surface area contributed by atoms with Crippen LogP contribution in [0.25, 0.3) is 5.82 Å². The molecule has 0 unspecified atom stereocenters. The molecule has 0 aliphatic carbocycles. The van der Waals surface area contributed by atoms with Crippen LogP contribution in [0.2, 0.25) is 0 Å². The molecule has 1 N–H and O–H groups in total. The zero-order chi connectivity index (χ0) is 16.2. The maximum atomic E-state index is 5.42. The van der Waals surface area contributed by atoms with E-state index in [4.69, 9.17) is 4.74 Å². The number of aromatic nitrogens is 5. The van der Waals surface area contributed by atoms with Crippen molar-refractivity contribution >= 4 is 0 Å². The molecule has 0 aliphatic rings. The van der Waals surface area contributed by atoms with Gasteiger partial charge >= 0.3 is 0 Å². The van der Waals surface area contributed by atoms with Crippen LogP contribution in [0.5, 0.6) is 5.88 Å². The number of methoxy groups -OCH3 is 1. The summed E-state index contributed by atoms with van der Waals surface area (Å²) in [4.78, 5) is 4.42. The van der Waals surface area contributed by atoms with Crippen molar-refractivity contribution in [1.29, 1.82) is 0 Å². The molecule has 3 aromatic rings. The number of rotatable bonds is 6. The molecule has 0 saturated carbocycles. The van der Waals surface area contributed by atoms with Crippen molar-refractivity contribution in [2.75, 3.05) is 7.11 Å². The number of nitrogens with one attached hydrogen (secondary N) is 1. The third-order valence-corrected chi connectivity index (χ3v) is 3.69. The van der Waals surface area contributed by atoms with E-state index in [0.717, 1.165) is 28.5 Å². The van der Waals surface area contributed by atoms with E-state index in [1.807, 2.05) is 38.4 Å². The molecular weight excluding hydrogens is 292 g/mol. The zero-order valence-electron chi connectivity index (χ0n) is 13.5. The number of hydrogen-bond donors (Lipinski definition) is 1. The van der Waals surface area contributed by atoms with Gasteiger partial charge in [0.15, 0.2) is 5.82 Å². The molecule has 0 fully saturated rings. The lowest BCUT2D eigenvalue weighted by molar-refractivity contribution is 0.368. The van der Waals surface area contributed by atoms with Gasteiger partial charge in [0.2, 0.25) is 5.88 Å². The molecule has 23 heavy (non-hydrogen) atoms. The standard InChI is InChI=1S/C16H20N6O/c1-12-14(16(23-3)21(2)20-12)11-17-10-13-6-4-7-18-15(13)22-9-5-8-19-22/h4-9,17H,10-11H2,1-3H3. The topological polar surface area (TPSA) is 69.8 Å². The van der Waals surface area contributed by atoms with E-state index in [2.05, 4.69) is 20.5 Å². The zero-order valence-corrected chi connectivity index (χ0v) is 13.5. The highest BCUT2D eigenvalue weighted by molar-refractivity contribution is 5.33. The molecule has 120 valence electrons. The van der Waals surface area contributed by atoms with E-state index in [1.54, 1.807) is 28.9 Å². The van der Waals surface area contributed by atoms with Crippen LogP contribution in [0, 0.1) is 6.92 Å². The van der Waals surface area contributed by atoms with Crippen molar-refractivity contribution in [3.63, 3.8) is 0 Å². The second-order valence-corrected chi connectivity index (χ2v) is 5.24. The maximum Gasteiger partial charge on any atom is 0.216 e. The van der Waals surface area contributed by atoms with Gasteiger partial charge in [0.05, 0.1) is 18.4 Å². The number of hydrogen-bond acceptors (Lipinski definition) is 5. The van der Waals surface area contributed by atoms with Crippen molar-refractivity contribution in [2.45, 2.75) is 20.0 Å². The van der Waals surface area contributed by atoms with Crippen molar-refractivity contribution in [1.82, 2.24) is 29.9 Å². The maximum absolute atomic E-state index is 5.42. The number of nitrogens with zero attached hydrogens (tertiary/aromatic N) is 5. The van der Waals surface area contributed by atoms with Crippen molar-refractivity contribution in [2.24, 2.45) is 7.05 Å². The number of ether oxygens (including phenoxy) is 1. The Kier molecular flexibility index (Phi) is 4.38. The largest absolute Gasteiger partial charge is 0.481 e. The van der Waals surface area contributed by atoms with Crippen LogP contribution in [-0.2, 0) is 20.1 Å². The summed E-state index contributed by atoms with van der Waals surface area (Å²) in [6, 6.07) is 5.86. The molecule has 3 heterocycles. The first-order valence-electron chi connectivity index (χ1n) is 7.41. The number of aryl methyl sites for hydroxylation is 2. The highest BCUT2D eigenvalue weighted by atomic mass is 16.5. The van der Waals surface area contributed by atoms with Crippen LogP contribution >= 0.6 is 0 Å². The quantitative estimate of drug-likeness (QED) is 0.749. The smallest absolute Gasteiger partial charge is 0.216 e. The van der Waals surface area contributed by atoms with Crippen molar-refractivity contribution in [3.8, 4) is 11.7 Å². The molecule has 0 atom stereocenters. The van der Waals surface area contributed by atoms with Gasteiger partial charge in [-0.25, -0.2) is 14.3 Å². The van der Waals surface area contributed by atoms with E-state index in [1.165, 1.54) is 0 Å². The fraction of sp³-hybridized carbons (Fsp3) is 0.312. The molecule has 7 nitrogen and oxygen atoms in total. The minimum Gasteiger partial charge on any atom is -0.481 e. The van der Waals surface area contributed by atoms with Gasteiger partial charge in [-0.3, -0.25) is 0 Å². The lowest BCUT2D eigenvalue weighted by Crippen LogP contribution is -2.16. The lowest BCUT2D eigenvalue weighted by Gasteiger charge is -2.10. The summed E-state index contributed by atoms with van der Waals surface area (Å²) in [6.45, 7) is 3.34. The molecule has 0 spiro atoms. The molecular formula is C16H20N6O. The SMILES string of the molecule is COc1c(CNCc2cccnc2-n2cccn2)c(C)nn1C. The highest BCUT2D eigenvalue weighted by Gasteiger charge is 2.13. The molecule has 0 aromatic carbocycles. The average molecular weight is 312 g/mol. The van der Waals surface area contributed by atoms with E-state index < -0.39 is 0 Å². The minimum absolute atomic E-state index is 0.677. The van der Waals surface area contributed by atoms with Crippen molar-refractivity contribution in [3.05, 3.63) is 53.6 Å². The normalized spacial score (nSPS) is 10.9. The second kappa shape index (κ2) is 6.62. The van der Waals surface area contributed by atoms with Gasteiger partial charge in [-0.1, -0.05) is 6.07 Å². The van der Waals surface area contributed by atoms with E-state index in [9.17, 15) is 0 Å². The fourth-order valence-electron chi connectivity index (χ4n) is 2.63. The van der Waals surface area contributed by atoms with Gasteiger partial charge in [0, 0.05) is 44.3 Å². The molecule has 0 radical (unpaired) electrons. The molecule has 7 heteroatoms. The summed E-state index contributed by atoms with van der Waals surface area (Å²) >= 11 is 0. The predicted octanol–water partition coefficient (Wildman–Crippen LogP) is 1.61. The third-order valence-electron chi connectivity index (χ3n) is 3.69. The van der Waals surface area contributed by atoms with Crippen LogP contribution in [0.3, 0.4) is 0 Å². The van der Waals surface area contributed by atoms with E-state index in [-0.39, 0.29) is 0 Å². The summed E-state index contributed by atoms with van der Waals surface area (Å²) in [5.41, 5.74) is 3.12. The predicted molar refractivity (Wildman–Crippen MR) is 86.4 cm³/mol. The van der Waals surface area contributed by atoms with Crippen LogP contribution in [-0.4, -0.2) is 31.7 Å². The van der Waals surface area contributed by atoms with Crippen LogP contribution < -0.4 is 10.1 Å². The monoisotopic (exact) mass is 312 g/mol. The van der Waals surface area contributed by atoms with Crippen molar-refractivity contribution < 1.29 is 4.74 Å². The first-order valence-corrected chi connectivity index (χ1v) is 7.41. The third kappa shape index (κ3) is 3.09. The fourth-order valence-corrected chi connectivity index (χ4v) is 2.63. The summed E-state index contributed by atoms with van der Waals surface area (Å²) in [6.07, 6.45) is 5.41. The summed E-state index contributed by atoms with van der Waals surface area (Å²) in [7, 11) is 3.54. The Hall–Kier alpha value is -2.67. The molecule has 0 amide bonds. The first-order chi connectivity index (χ1) is 11.2. The van der Waals surface area contributed by atoms with Gasteiger partial charge in [0.1, 0.15) is 0 Å². The Morgan fingerprint density at radius 3 is 2.83 bits per heavy atom. The van der Waals surface area contributed by atoms with Gasteiger partial charge in [-0.2, -0.15) is 10.2 Å². The molecule has 0 aliphatic heterocycles.